The molecule has 148 valence electrons. The number of aromatic nitrogens is 2. The molecule has 1 aromatic heterocycles. The minimum absolute atomic E-state index is 0.244. The molecule has 29 heavy (non-hydrogen) atoms. The van der Waals surface area contributed by atoms with Crippen LogP contribution in [0.5, 0.6) is 11.5 Å². The number of para-hydroxylation sites is 1. The van der Waals surface area contributed by atoms with Gasteiger partial charge in [-0.2, -0.15) is 0 Å². The zero-order valence-electron chi connectivity index (χ0n) is 16.3. The highest BCUT2D eigenvalue weighted by Gasteiger charge is 2.17. The molecule has 0 unspecified atom stereocenters. The molecule has 1 fully saturated rings. The van der Waals surface area contributed by atoms with Crippen LogP contribution in [0, 0.1) is 0 Å². The van der Waals surface area contributed by atoms with Gasteiger partial charge >= 0.3 is 0 Å². The summed E-state index contributed by atoms with van der Waals surface area (Å²) in [6, 6.07) is 16.8. The molecule has 1 N–H and O–H groups in total. The van der Waals surface area contributed by atoms with Gasteiger partial charge in [0.25, 0.3) is 5.91 Å². The molecule has 2 heterocycles. The zero-order valence-corrected chi connectivity index (χ0v) is 16.3. The van der Waals surface area contributed by atoms with Crippen molar-refractivity contribution >= 4 is 17.5 Å². The van der Waals surface area contributed by atoms with Gasteiger partial charge in [0.2, 0.25) is 5.95 Å². The summed E-state index contributed by atoms with van der Waals surface area (Å²) in [6.07, 6.45) is 3.14. The first kappa shape index (κ1) is 18.9. The summed E-state index contributed by atoms with van der Waals surface area (Å²) in [4.78, 5) is 25.6. The zero-order chi connectivity index (χ0) is 20.1. The van der Waals surface area contributed by atoms with Crippen LogP contribution in [0.1, 0.15) is 10.4 Å². The maximum Gasteiger partial charge on any atom is 0.258 e. The molecule has 0 saturated carbocycles. The number of nitrogens with zero attached hydrogens (tertiary/aromatic N) is 4. The second kappa shape index (κ2) is 8.70. The molecule has 1 saturated heterocycles. The normalized spacial score (nSPS) is 14.4. The fourth-order valence-corrected chi connectivity index (χ4v) is 3.04. The number of amides is 1. The third-order valence-corrected chi connectivity index (χ3v) is 4.78. The third-order valence-electron chi connectivity index (χ3n) is 4.78. The second-order valence-corrected chi connectivity index (χ2v) is 6.96. The van der Waals surface area contributed by atoms with Gasteiger partial charge in [0.1, 0.15) is 11.5 Å². The lowest BCUT2D eigenvalue weighted by atomic mass is 10.2. The van der Waals surface area contributed by atoms with E-state index in [9.17, 15) is 4.79 Å². The Hall–Kier alpha value is -3.45. The van der Waals surface area contributed by atoms with Gasteiger partial charge in [0, 0.05) is 44.3 Å². The van der Waals surface area contributed by atoms with Crippen LogP contribution >= 0.6 is 0 Å². The van der Waals surface area contributed by atoms with E-state index in [2.05, 4.69) is 32.1 Å². The number of ether oxygens (including phenoxy) is 1. The molecule has 1 aliphatic heterocycles. The number of anilines is 2. The van der Waals surface area contributed by atoms with Crippen molar-refractivity contribution in [2.24, 2.45) is 0 Å². The highest BCUT2D eigenvalue weighted by molar-refractivity contribution is 6.03. The van der Waals surface area contributed by atoms with Crippen LogP contribution in [0.15, 0.2) is 67.0 Å². The van der Waals surface area contributed by atoms with Crippen molar-refractivity contribution in [2.45, 2.75) is 0 Å². The molecule has 2 aromatic carbocycles. The molecule has 1 aliphatic rings. The quantitative estimate of drug-likeness (QED) is 0.722. The lowest BCUT2D eigenvalue weighted by molar-refractivity contribution is 0.102. The van der Waals surface area contributed by atoms with Gasteiger partial charge in [-0.15, -0.1) is 0 Å². The summed E-state index contributed by atoms with van der Waals surface area (Å²) in [5.41, 5.74) is 1.10. The number of rotatable bonds is 5. The SMILES string of the molecule is CN1CCN(c2ncc(C(=O)Nc3ccc(Oc4ccccc4)cc3)cn2)CC1. The molecule has 0 spiro atoms. The second-order valence-electron chi connectivity index (χ2n) is 6.96. The summed E-state index contributed by atoms with van der Waals surface area (Å²) in [5.74, 6) is 1.89. The molecule has 0 bridgehead atoms. The molecule has 0 radical (unpaired) electrons. The standard InChI is InChI=1S/C22H23N5O2/c1-26-11-13-27(14-12-26)22-23-15-17(16-24-22)21(28)25-18-7-9-20(10-8-18)29-19-5-3-2-4-6-19/h2-10,15-16H,11-14H2,1H3,(H,25,28). The molecule has 3 aromatic rings. The highest BCUT2D eigenvalue weighted by Crippen LogP contribution is 2.23. The van der Waals surface area contributed by atoms with Crippen molar-refractivity contribution in [2.75, 3.05) is 43.4 Å². The summed E-state index contributed by atoms with van der Waals surface area (Å²) < 4.78 is 5.76. The van der Waals surface area contributed by atoms with E-state index >= 15 is 0 Å². The summed E-state index contributed by atoms with van der Waals surface area (Å²) in [5, 5.41) is 2.86. The number of piperazine rings is 1. The minimum atomic E-state index is -0.244. The van der Waals surface area contributed by atoms with Gasteiger partial charge in [-0.25, -0.2) is 9.97 Å². The topological polar surface area (TPSA) is 70.6 Å². The van der Waals surface area contributed by atoms with Crippen molar-refractivity contribution in [1.82, 2.24) is 14.9 Å². The molecular weight excluding hydrogens is 366 g/mol. The first-order valence-corrected chi connectivity index (χ1v) is 9.57. The van der Waals surface area contributed by atoms with Crippen LogP contribution in [-0.4, -0.2) is 54.0 Å². The van der Waals surface area contributed by atoms with E-state index in [-0.39, 0.29) is 5.91 Å². The Labute approximate surface area is 170 Å². The Bertz CT molecular complexity index is 937. The number of likely N-dealkylation sites (N-methyl/N-ethyl adjacent to an activating group) is 1. The molecule has 0 aliphatic carbocycles. The molecular formula is C22H23N5O2. The first-order valence-electron chi connectivity index (χ1n) is 9.57. The maximum atomic E-state index is 12.5. The van der Waals surface area contributed by atoms with Crippen LogP contribution in [-0.2, 0) is 0 Å². The van der Waals surface area contributed by atoms with E-state index in [1.165, 1.54) is 0 Å². The van der Waals surface area contributed by atoms with Gasteiger partial charge in [0.05, 0.1) is 5.56 Å². The average Bonchev–Trinajstić information content (AvgIpc) is 2.76. The van der Waals surface area contributed by atoms with Crippen molar-refractivity contribution in [3.05, 3.63) is 72.6 Å². The Morgan fingerprint density at radius 2 is 1.52 bits per heavy atom. The Morgan fingerprint density at radius 3 is 2.17 bits per heavy atom. The van der Waals surface area contributed by atoms with E-state index in [0.717, 1.165) is 31.9 Å². The lowest BCUT2D eigenvalue weighted by Gasteiger charge is -2.32. The van der Waals surface area contributed by atoms with Crippen LogP contribution in [0.2, 0.25) is 0 Å². The molecule has 4 rings (SSSR count). The molecule has 0 atom stereocenters. The highest BCUT2D eigenvalue weighted by atomic mass is 16.5. The van der Waals surface area contributed by atoms with Crippen LogP contribution in [0.4, 0.5) is 11.6 Å². The smallest absolute Gasteiger partial charge is 0.258 e. The van der Waals surface area contributed by atoms with E-state index in [1.54, 1.807) is 24.5 Å². The third kappa shape index (κ3) is 4.89. The van der Waals surface area contributed by atoms with Gasteiger partial charge in [-0.1, -0.05) is 18.2 Å². The Kier molecular flexibility index (Phi) is 5.67. The number of carbonyl (C=O) groups excluding carboxylic acids is 1. The molecule has 7 nitrogen and oxygen atoms in total. The van der Waals surface area contributed by atoms with E-state index < -0.39 is 0 Å². The predicted octanol–water partition coefficient (Wildman–Crippen LogP) is 3.27. The lowest BCUT2D eigenvalue weighted by Crippen LogP contribution is -2.45. The minimum Gasteiger partial charge on any atom is -0.457 e. The molecule has 7 heteroatoms. The number of nitrogens with one attached hydrogen (secondary N) is 1. The fourth-order valence-electron chi connectivity index (χ4n) is 3.04. The predicted molar refractivity (Wildman–Crippen MR) is 113 cm³/mol. The van der Waals surface area contributed by atoms with Gasteiger partial charge < -0.3 is 19.9 Å². The Morgan fingerprint density at radius 1 is 0.897 bits per heavy atom. The number of carbonyl (C=O) groups is 1. The fraction of sp³-hybridized carbons (Fsp3) is 0.227. The van der Waals surface area contributed by atoms with Crippen molar-refractivity contribution < 1.29 is 9.53 Å². The largest absolute Gasteiger partial charge is 0.457 e. The van der Waals surface area contributed by atoms with E-state index in [0.29, 0.717) is 22.9 Å². The monoisotopic (exact) mass is 389 g/mol. The van der Waals surface area contributed by atoms with Crippen molar-refractivity contribution in [1.29, 1.82) is 0 Å². The number of benzene rings is 2. The van der Waals surface area contributed by atoms with Crippen molar-refractivity contribution in [3.63, 3.8) is 0 Å². The van der Waals surface area contributed by atoms with Crippen LogP contribution in [0.25, 0.3) is 0 Å². The summed E-state index contributed by atoms with van der Waals surface area (Å²) in [7, 11) is 2.10. The summed E-state index contributed by atoms with van der Waals surface area (Å²) >= 11 is 0. The van der Waals surface area contributed by atoms with Crippen LogP contribution < -0.4 is 15.0 Å². The van der Waals surface area contributed by atoms with Gasteiger partial charge in [-0.3, -0.25) is 4.79 Å². The van der Waals surface area contributed by atoms with E-state index in [4.69, 9.17) is 4.74 Å². The number of hydrogen-bond acceptors (Lipinski definition) is 6. The van der Waals surface area contributed by atoms with Crippen LogP contribution in [0.3, 0.4) is 0 Å². The van der Waals surface area contributed by atoms with Gasteiger partial charge in [-0.05, 0) is 43.4 Å². The maximum absolute atomic E-state index is 12.5. The van der Waals surface area contributed by atoms with Crippen molar-refractivity contribution in [3.8, 4) is 11.5 Å². The average molecular weight is 389 g/mol. The first-order chi connectivity index (χ1) is 14.2. The molecule has 1 amide bonds. The summed E-state index contributed by atoms with van der Waals surface area (Å²) in [6.45, 7) is 3.74. The van der Waals surface area contributed by atoms with Gasteiger partial charge in [0.15, 0.2) is 0 Å². The Balaban J connectivity index is 1.35. The number of hydrogen-bond donors (Lipinski definition) is 1. The van der Waals surface area contributed by atoms with E-state index in [1.807, 2.05) is 42.5 Å².